The third-order valence-corrected chi connectivity index (χ3v) is 5.65. The lowest BCUT2D eigenvalue weighted by Gasteiger charge is -2.27. The van der Waals surface area contributed by atoms with Crippen LogP contribution in [0.25, 0.3) is 0 Å². The van der Waals surface area contributed by atoms with Crippen LogP contribution >= 0.6 is 0 Å². The maximum atomic E-state index is 13.1. The molecule has 174 valence electrons. The number of amides is 3. The van der Waals surface area contributed by atoms with Crippen LogP contribution in [0.15, 0.2) is 24.3 Å². The summed E-state index contributed by atoms with van der Waals surface area (Å²) in [5, 5.41) is 16.9. The van der Waals surface area contributed by atoms with Crippen molar-refractivity contribution in [3.05, 3.63) is 29.8 Å². The highest BCUT2D eigenvalue weighted by Crippen LogP contribution is 2.32. The minimum atomic E-state index is -1.23. The van der Waals surface area contributed by atoms with Gasteiger partial charge in [0.25, 0.3) is 0 Å². The molecule has 0 spiro atoms. The number of carboxylic acids is 1. The minimum absolute atomic E-state index is 0.0654. The van der Waals surface area contributed by atoms with Gasteiger partial charge in [-0.05, 0) is 24.6 Å². The lowest BCUT2D eigenvalue weighted by molar-refractivity contribution is -0.139. The normalized spacial score (nSPS) is 17.6. The summed E-state index contributed by atoms with van der Waals surface area (Å²) in [7, 11) is 1.68. The van der Waals surface area contributed by atoms with Crippen molar-refractivity contribution < 1.29 is 29.1 Å². The molecule has 2 rings (SSSR count). The van der Waals surface area contributed by atoms with Gasteiger partial charge in [-0.2, -0.15) is 0 Å². The summed E-state index contributed by atoms with van der Waals surface area (Å²) in [6, 6.07) is 4.39. The molecule has 0 unspecified atom stereocenters. The van der Waals surface area contributed by atoms with Gasteiger partial charge in [0, 0.05) is 12.1 Å². The van der Waals surface area contributed by atoms with Crippen LogP contribution < -0.4 is 20.9 Å². The molecule has 0 fully saturated rings. The second kappa shape index (κ2) is 11.4. The monoisotopic (exact) mass is 446 g/mol. The summed E-state index contributed by atoms with van der Waals surface area (Å²) >= 11 is 0. The van der Waals surface area contributed by atoms with E-state index in [1.54, 1.807) is 31.3 Å². The van der Waals surface area contributed by atoms with Gasteiger partial charge in [-0.3, -0.25) is 24.1 Å². The number of likely N-dealkylation sites (N-methyl/N-ethyl adjacent to an activating group) is 1. The number of hydrogen-bond donors (Lipinski definition) is 4. The van der Waals surface area contributed by atoms with Crippen molar-refractivity contribution in [1.82, 2.24) is 16.0 Å². The van der Waals surface area contributed by atoms with Crippen molar-refractivity contribution in [2.75, 3.05) is 18.5 Å². The Kier molecular flexibility index (Phi) is 8.89. The lowest BCUT2D eigenvalue weighted by Crippen LogP contribution is -2.54. The molecule has 0 bridgehead atoms. The van der Waals surface area contributed by atoms with E-state index in [-0.39, 0.29) is 24.8 Å². The van der Waals surface area contributed by atoms with Crippen molar-refractivity contribution in [3.63, 3.8) is 0 Å². The highest BCUT2D eigenvalue weighted by Gasteiger charge is 2.39. The van der Waals surface area contributed by atoms with E-state index in [4.69, 9.17) is 5.11 Å². The second-order valence-corrected chi connectivity index (χ2v) is 7.83. The average Bonchev–Trinajstić information content (AvgIpc) is 3.16. The number of rotatable bonds is 11. The van der Waals surface area contributed by atoms with Crippen molar-refractivity contribution in [2.45, 2.75) is 51.2 Å². The highest BCUT2D eigenvalue weighted by molar-refractivity contribution is 6.05. The summed E-state index contributed by atoms with van der Waals surface area (Å²) in [6.45, 7) is 3.59. The number of hydrogen-bond acceptors (Lipinski definition) is 6. The molecule has 1 heterocycles. The molecule has 3 amide bonds. The van der Waals surface area contributed by atoms with Crippen molar-refractivity contribution >= 4 is 35.7 Å². The molecule has 0 aromatic heterocycles. The van der Waals surface area contributed by atoms with Crippen LogP contribution in [-0.4, -0.2) is 66.8 Å². The van der Waals surface area contributed by atoms with E-state index >= 15 is 0 Å². The maximum Gasteiger partial charge on any atom is 0.305 e. The highest BCUT2D eigenvalue weighted by atomic mass is 16.4. The van der Waals surface area contributed by atoms with Crippen LogP contribution in [0.4, 0.5) is 5.69 Å². The molecule has 1 aromatic rings. The summed E-state index contributed by atoms with van der Waals surface area (Å²) in [4.78, 5) is 61.8. The van der Waals surface area contributed by atoms with E-state index in [0.717, 1.165) is 12.0 Å². The Balaban J connectivity index is 2.16. The number of carbonyl (C=O) groups is 5. The Hall–Kier alpha value is -3.27. The van der Waals surface area contributed by atoms with Gasteiger partial charge in [-0.25, -0.2) is 0 Å². The van der Waals surface area contributed by atoms with Gasteiger partial charge in [0.1, 0.15) is 12.3 Å². The fourth-order valence-corrected chi connectivity index (χ4v) is 3.77. The minimum Gasteiger partial charge on any atom is -0.481 e. The van der Waals surface area contributed by atoms with Gasteiger partial charge in [-0.1, -0.05) is 38.5 Å². The number of para-hydroxylation sites is 1. The number of aliphatic carboxylic acids is 1. The standard InChI is InChI=1S/C22H30N4O6/c1-4-13(2)20(23-3)22(32)24-11-18(28)26-16-8-6-5-7-14(16)9-17(26)21(31)25-15(12-27)10-19(29)30/h5-8,12-13,15,17,20,23H,4,9-11H2,1-3H3,(H,24,32)(H,25,31)(H,29,30)/t13-,15-,17-,20-/m0/s1. The van der Waals surface area contributed by atoms with Crippen LogP contribution in [0.2, 0.25) is 0 Å². The second-order valence-electron chi connectivity index (χ2n) is 7.83. The van der Waals surface area contributed by atoms with Crippen LogP contribution in [0, 0.1) is 5.92 Å². The Morgan fingerprint density at radius 2 is 1.94 bits per heavy atom. The molecule has 0 aliphatic carbocycles. The SMILES string of the molecule is CC[C@H](C)[C@H](NC)C(=O)NCC(=O)N1c2ccccc2C[C@H]1C(=O)N[C@H](C=O)CC(=O)O. The number of benzene rings is 1. The predicted molar refractivity (Wildman–Crippen MR) is 117 cm³/mol. The van der Waals surface area contributed by atoms with Crippen molar-refractivity contribution in [1.29, 1.82) is 0 Å². The number of carboxylic acid groups (broad SMARTS) is 1. The smallest absolute Gasteiger partial charge is 0.305 e. The predicted octanol–water partition coefficient (Wildman–Crippen LogP) is -0.147. The lowest BCUT2D eigenvalue weighted by atomic mass is 9.99. The quantitative estimate of drug-likeness (QED) is 0.346. The molecule has 1 aliphatic rings. The summed E-state index contributed by atoms with van der Waals surface area (Å²) in [5.74, 6) is -2.59. The molecule has 1 aromatic carbocycles. The zero-order chi connectivity index (χ0) is 23.8. The zero-order valence-electron chi connectivity index (χ0n) is 18.5. The number of aldehydes is 1. The van der Waals surface area contributed by atoms with E-state index < -0.39 is 42.3 Å². The first-order valence-electron chi connectivity index (χ1n) is 10.6. The van der Waals surface area contributed by atoms with Gasteiger partial charge < -0.3 is 25.9 Å². The number of carbonyl (C=O) groups excluding carboxylic acids is 4. The molecule has 1 aliphatic heterocycles. The Morgan fingerprint density at radius 3 is 2.53 bits per heavy atom. The molecule has 0 saturated heterocycles. The summed E-state index contributed by atoms with van der Waals surface area (Å²) < 4.78 is 0. The number of nitrogens with zero attached hydrogens (tertiary/aromatic N) is 1. The van der Waals surface area contributed by atoms with E-state index in [9.17, 15) is 24.0 Å². The molecular formula is C22H30N4O6. The van der Waals surface area contributed by atoms with Crippen molar-refractivity contribution in [2.24, 2.45) is 5.92 Å². The molecule has 10 nitrogen and oxygen atoms in total. The van der Waals surface area contributed by atoms with Gasteiger partial charge in [0.05, 0.1) is 25.0 Å². The van der Waals surface area contributed by atoms with Gasteiger partial charge in [0.15, 0.2) is 0 Å². The molecule has 0 saturated carbocycles. The third-order valence-electron chi connectivity index (χ3n) is 5.65. The van der Waals surface area contributed by atoms with E-state index in [0.29, 0.717) is 12.0 Å². The Bertz CT molecular complexity index is 874. The molecule has 10 heteroatoms. The van der Waals surface area contributed by atoms with Crippen LogP contribution in [0.3, 0.4) is 0 Å². The molecule has 32 heavy (non-hydrogen) atoms. The zero-order valence-corrected chi connectivity index (χ0v) is 18.5. The van der Waals surface area contributed by atoms with Crippen LogP contribution in [0.5, 0.6) is 0 Å². The number of anilines is 1. The third kappa shape index (κ3) is 5.91. The summed E-state index contributed by atoms with van der Waals surface area (Å²) in [6.07, 6.45) is 0.794. The van der Waals surface area contributed by atoms with Crippen LogP contribution in [0.1, 0.15) is 32.3 Å². The van der Waals surface area contributed by atoms with Crippen LogP contribution in [-0.2, 0) is 30.4 Å². The van der Waals surface area contributed by atoms with E-state index in [2.05, 4.69) is 16.0 Å². The first kappa shape index (κ1) is 25.0. The van der Waals surface area contributed by atoms with Gasteiger partial charge >= 0.3 is 5.97 Å². The van der Waals surface area contributed by atoms with Crippen molar-refractivity contribution in [3.8, 4) is 0 Å². The van der Waals surface area contributed by atoms with E-state index in [1.807, 2.05) is 13.8 Å². The van der Waals surface area contributed by atoms with Gasteiger partial charge in [0.2, 0.25) is 17.7 Å². The van der Waals surface area contributed by atoms with Gasteiger partial charge in [-0.15, -0.1) is 0 Å². The number of fused-ring (bicyclic) bond motifs is 1. The molecular weight excluding hydrogens is 416 g/mol. The fraction of sp³-hybridized carbons (Fsp3) is 0.500. The molecule has 4 atom stereocenters. The Morgan fingerprint density at radius 1 is 1.25 bits per heavy atom. The first-order valence-corrected chi connectivity index (χ1v) is 10.6. The fourth-order valence-electron chi connectivity index (χ4n) is 3.77. The van der Waals surface area contributed by atoms with E-state index in [1.165, 1.54) is 4.90 Å². The summed E-state index contributed by atoms with van der Waals surface area (Å²) in [5.41, 5.74) is 1.31. The topological polar surface area (TPSA) is 145 Å². The number of nitrogens with one attached hydrogen (secondary N) is 3. The molecule has 4 N–H and O–H groups in total. The molecule has 0 radical (unpaired) electrons. The average molecular weight is 447 g/mol. The maximum absolute atomic E-state index is 13.1. The largest absolute Gasteiger partial charge is 0.481 e. The Labute approximate surface area is 186 Å². The first-order chi connectivity index (χ1) is 15.2.